The van der Waals surface area contributed by atoms with Gasteiger partial charge in [-0.2, -0.15) is 4.37 Å². The maximum atomic E-state index is 4.47. The standard InChI is InChI=1S/C5H5N.C4H4N2.11C4H10.C3H3N3.C3H4N2.C3H3NO.2C3H3NS.2C2H2N2O.2C2H2N2S.11CH4/c1-2-4-6-5-3-1;1-2-5-4-6-3-1;11*1-4(2)3;1-4-2-6-3-5-1;3*1-2-5-3-4-1;1-2-4-5-3-1;1-3-4-2-5-1;1-3-2-5-4-1;1-3-4-2-5-1;1-3-2-5-4-1;;;;;;;;;;;/h1-5H;1-4H;11*4H,1-3H3;1-3H;1-3H,(H,4,5);3*1-3H;4*1-2H;11*1H4. The minimum Gasteiger partial charge on any atom is -0.452 e. The first kappa shape index (κ1) is 165. The zero-order valence-corrected chi connectivity index (χ0v) is 72.5. The van der Waals surface area contributed by atoms with Crippen molar-refractivity contribution in [1.29, 1.82) is 0 Å². The lowest BCUT2D eigenvalue weighted by atomic mass is 10.3. The molecule has 11 heterocycles. The van der Waals surface area contributed by atoms with Crippen LogP contribution in [0.25, 0.3) is 0 Å². The third kappa shape index (κ3) is 431. The summed E-state index contributed by atoms with van der Waals surface area (Å²) in [4.78, 5) is 42.6. The van der Waals surface area contributed by atoms with Gasteiger partial charge in [0.1, 0.15) is 54.4 Å². The van der Waals surface area contributed by atoms with Crippen molar-refractivity contribution in [1.82, 2.24) is 94.1 Å². The van der Waals surface area contributed by atoms with Gasteiger partial charge in [0.2, 0.25) is 19.2 Å². The van der Waals surface area contributed by atoms with E-state index < -0.39 is 0 Å². The summed E-state index contributed by atoms with van der Waals surface area (Å²) < 4.78 is 20.5. The Kier molecular flexibility index (Phi) is 234. The third-order valence-electron chi connectivity index (χ3n) is 4.02. The molecule has 0 fully saturated rings. The lowest BCUT2D eigenvalue weighted by molar-refractivity contribution is 0.416. The second kappa shape index (κ2) is 160. The highest BCUT2D eigenvalue weighted by Crippen LogP contribution is 1.88. The van der Waals surface area contributed by atoms with E-state index in [0.717, 1.165) is 65.1 Å². The molecule has 0 atom stereocenters. The van der Waals surface area contributed by atoms with Crippen LogP contribution in [0.1, 0.15) is 310 Å². The van der Waals surface area contributed by atoms with Crippen molar-refractivity contribution < 1.29 is 13.4 Å². The van der Waals surface area contributed by atoms with Gasteiger partial charge in [-0.15, -0.1) is 43.1 Å². The number of oxazole rings is 1. The summed E-state index contributed by atoms with van der Waals surface area (Å²) >= 11 is 5.91. The number of rotatable bonds is 0. The summed E-state index contributed by atoms with van der Waals surface area (Å²) in [6, 6.07) is 9.40. The molecule has 1 N–H and O–H groups in total. The van der Waals surface area contributed by atoms with Gasteiger partial charge < -0.3 is 18.3 Å². The fourth-order valence-electron chi connectivity index (χ4n) is 2.06. The second-order valence-corrected chi connectivity index (χ2v) is 29.7. The summed E-state index contributed by atoms with van der Waals surface area (Å²) in [6.07, 6.45) is 32.4. The molecule has 0 saturated heterocycles. The Hall–Kier alpha value is -7.68. The Morgan fingerprint density at radius 3 is 0.735 bits per heavy atom. The number of hydrogen-bond donors (Lipinski definition) is 1. The third-order valence-corrected chi connectivity index (χ3v) is 5.93. The number of pyridine rings is 1. The minimum atomic E-state index is 0. The molecular weight excluding hydrogens is 1490 g/mol. The van der Waals surface area contributed by atoms with E-state index in [2.05, 4.69) is 336 Å². The van der Waals surface area contributed by atoms with E-state index >= 15 is 0 Å². The maximum Gasteiger partial charge on any atom is 0.213 e. The lowest BCUT2D eigenvalue weighted by Gasteiger charge is -1.79. The number of thiazole rings is 1. The van der Waals surface area contributed by atoms with Gasteiger partial charge in [-0.25, -0.2) is 49.2 Å². The molecule has 0 bridgehead atoms. The van der Waals surface area contributed by atoms with Crippen LogP contribution >= 0.6 is 45.7 Å². The van der Waals surface area contributed by atoms with Crippen molar-refractivity contribution in [2.75, 3.05) is 0 Å². The number of aromatic amines is 1. The Morgan fingerprint density at radius 1 is 0.248 bits per heavy atom. The zero-order chi connectivity index (χ0) is 80.4. The molecule has 0 aliphatic rings. The molecule has 11 aromatic heterocycles. The number of nitrogens with one attached hydrogen (secondary N) is 1. The van der Waals surface area contributed by atoms with Crippen LogP contribution in [0.4, 0.5) is 0 Å². The number of imidazole rings is 1. The van der Waals surface area contributed by atoms with Crippen molar-refractivity contribution in [2.45, 2.75) is 310 Å². The van der Waals surface area contributed by atoms with Gasteiger partial charge in [0.25, 0.3) is 0 Å². The Balaban J connectivity index is -0.0000000383. The van der Waals surface area contributed by atoms with Crippen LogP contribution in [0, 0.1) is 65.1 Å². The van der Waals surface area contributed by atoms with E-state index in [1.165, 1.54) is 104 Å². The number of aromatic nitrogens is 19. The van der Waals surface area contributed by atoms with Crippen LogP contribution < -0.4 is 0 Å². The van der Waals surface area contributed by atoms with Crippen LogP contribution in [-0.4, -0.2) is 94.1 Å². The Labute approximate surface area is 719 Å². The molecule has 672 valence electrons. The van der Waals surface area contributed by atoms with Crippen molar-refractivity contribution in [3.05, 3.63) is 195 Å². The quantitative estimate of drug-likeness (QED) is 0.148. The predicted molar refractivity (Wildman–Crippen MR) is 514 cm³/mol. The summed E-state index contributed by atoms with van der Waals surface area (Å²) in [7, 11) is 0. The van der Waals surface area contributed by atoms with Crippen molar-refractivity contribution >= 4 is 45.7 Å². The lowest BCUT2D eigenvalue weighted by Crippen LogP contribution is -1.73. The van der Waals surface area contributed by atoms with Crippen molar-refractivity contribution in [3.8, 4) is 0 Å². The molecule has 11 rings (SSSR count). The normalized spacial score (nSPS) is 7.61. The highest BCUT2D eigenvalue weighted by Gasteiger charge is 1.74. The molecule has 26 heteroatoms. The molecule has 0 unspecified atom stereocenters. The van der Waals surface area contributed by atoms with Gasteiger partial charge in [0.15, 0.2) is 12.7 Å². The van der Waals surface area contributed by atoms with Gasteiger partial charge in [-0.05, 0) is 112 Å². The highest BCUT2D eigenvalue weighted by molar-refractivity contribution is 7.07. The average molecular weight is 1680 g/mol. The summed E-state index contributed by atoms with van der Waals surface area (Å²) in [5.74, 6) is 9.17. The van der Waals surface area contributed by atoms with Crippen LogP contribution in [0.3, 0.4) is 0 Å². The van der Waals surface area contributed by atoms with E-state index in [0.29, 0.717) is 0 Å². The van der Waals surface area contributed by atoms with E-state index in [9.17, 15) is 0 Å². The van der Waals surface area contributed by atoms with Gasteiger partial charge in [-0.1, -0.05) is 321 Å². The largest absolute Gasteiger partial charge is 0.452 e. The van der Waals surface area contributed by atoms with Crippen LogP contribution in [0.5, 0.6) is 0 Å². The van der Waals surface area contributed by atoms with Gasteiger partial charge in [0, 0.05) is 60.3 Å². The molecule has 0 spiro atoms. The molecule has 0 aromatic carbocycles. The smallest absolute Gasteiger partial charge is 0.213 e. The van der Waals surface area contributed by atoms with Gasteiger partial charge in [0.05, 0.1) is 18.0 Å². The van der Waals surface area contributed by atoms with E-state index in [-0.39, 0.29) is 81.7 Å². The Morgan fingerprint density at radius 2 is 0.637 bits per heavy atom. The van der Waals surface area contributed by atoms with Crippen LogP contribution in [0.2, 0.25) is 0 Å². The van der Waals surface area contributed by atoms with E-state index in [4.69, 9.17) is 0 Å². The monoisotopic (exact) mass is 1670 g/mol. The molecule has 11 aromatic rings. The highest BCUT2D eigenvalue weighted by atomic mass is 32.1. The average Bonchev–Trinajstić information content (AvgIpc) is 2.42. The predicted octanol–water partition coefficient (Wildman–Crippen LogP) is 31.3. The van der Waals surface area contributed by atoms with E-state index in [1.54, 1.807) is 102 Å². The Bertz CT molecular complexity index is 1860. The maximum absolute atomic E-state index is 4.47. The number of nitrogens with zero attached hydrogens (tertiary/aromatic N) is 18. The zero-order valence-electron chi connectivity index (χ0n) is 69.2. The topological polar surface area (TPSA) is 287 Å². The minimum absolute atomic E-state index is 0. The fraction of sp³-hybridized carbons (Fsp3) is 0.632. The fourth-order valence-corrected chi connectivity index (χ4v) is 3.30. The number of hydrogen-bond acceptors (Lipinski definition) is 25. The second-order valence-electron chi connectivity index (χ2n) is 26.9. The van der Waals surface area contributed by atoms with Gasteiger partial charge in [-0.3, -0.25) is 9.97 Å². The first-order chi connectivity index (χ1) is 48.1. The SMILES string of the molecule is C.C.C.C.C.C.C.C.C.C.C.CC(C)C.CC(C)C.CC(C)C.CC(C)C.CC(C)C.CC(C)C.CC(C)C.CC(C)C.CC(C)C.CC(C)C.CC(C)C.c1c[nH]cn1.c1ccncc1.c1cncnc1.c1cnsc1.c1cocn1.c1cscn1.c1ncncn1.c1ncon1.c1ncsn1.c1nnco1.c1nncs1. The summed E-state index contributed by atoms with van der Waals surface area (Å²) in [5.41, 5.74) is 6.83. The number of H-pyrrole nitrogens is 1. The summed E-state index contributed by atoms with van der Waals surface area (Å²) in [6.45, 7) is 71.5. The van der Waals surface area contributed by atoms with Crippen LogP contribution in [-0.2, 0) is 0 Å². The molecule has 22 nitrogen and oxygen atoms in total. The molecule has 0 aliphatic heterocycles. The van der Waals surface area contributed by atoms with E-state index in [1.807, 2.05) is 35.0 Å². The molecule has 0 saturated carbocycles. The van der Waals surface area contributed by atoms with Crippen LogP contribution in [0.15, 0.2) is 208 Å². The molecule has 113 heavy (non-hydrogen) atoms. The summed E-state index contributed by atoms with van der Waals surface area (Å²) in [5, 5.41) is 20.7. The molecule has 0 amide bonds. The van der Waals surface area contributed by atoms with Crippen molar-refractivity contribution in [2.24, 2.45) is 65.1 Å². The first-order valence-electron chi connectivity index (χ1n) is 34.3. The van der Waals surface area contributed by atoms with Gasteiger partial charge >= 0.3 is 0 Å². The first-order valence-corrected chi connectivity index (χ1v) is 37.9. The molecule has 0 radical (unpaired) electrons. The molecular formula is C87H187N19O3S4. The van der Waals surface area contributed by atoms with Crippen molar-refractivity contribution in [3.63, 3.8) is 0 Å². The molecule has 0 aliphatic carbocycles.